The number of halogens is 4. The minimum Gasteiger partial charge on any atom is -0.399 e. The second-order valence-corrected chi connectivity index (χ2v) is 4.64. The van der Waals surface area contributed by atoms with Gasteiger partial charge in [-0.1, -0.05) is 0 Å². The molecule has 0 amide bonds. The van der Waals surface area contributed by atoms with Crippen molar-refractivity contribution in [2.45, 2.75) is 31.6 Å². The largest absolute Gasteiger partial charge is 0.401 e. The van der Waals surface area contributed by atoms with Gasteiger partial charge in [0.05, 0.1) is 6.54 Å². The van der Waals surface area contributed by atoms with Gasteiger partial charge in [-0.3, -0.25) is 4.90 Å². The zero-order chi connectivity index (χ0) is 13.3. The number of anilines is 1. The number of benzene rings is 1. The van der Waals surface area contributed by atoms with Gasteiger partial charge in [0.15, 0.2) is 0 Å². The van der Waals surface area contributed by atoms with Crippen LogP contribution in [-0.4, -0.2) is 23.7 Å². The summed E-state index contributed by atoms with van der Waals surface area (Å²) in [4.78, 5) is 1.33. The van der Waals surface area contributed by atoms with E-state index in [1.807, 2.05) is 0 Å². The predicted molar refractivity (Wildman–Crippen MR) is 60.3 cm³/mol. The van der Waals surface area contributed by atoms with Crippen LogP contribution in [0, 0.1) is 5.82 Å². The zero-order valence-electron chi connectivity index (χ0n) is 9.67. The van der Waals surface area contributed by atoms with Gasteiger partial charge in [-0.05, 0) is 36.6 Å². The normalized spacial score (nSPS) is 16.3. The molecule has 0 atom stereocenters. The molecular weight excluding hydrogens is 248 g/mol. The second-order valence-electron chi connectivity index (χ2n) is 4.64. The van der Waals surface area contributed by atoms with Gasteiger partial charge in [-0.2, -0.15) is 13.2 Å². The third-order valence-electron chi connectivity index (χ3n) is 2.81. The molecule has 0 bridgehead atoms. The van der Waals surface area contributed by atoms with Crippen LogP contribution in [0.2, 0.25) is 0 Å². The lowest BCUT2D eigenvalue weighted by Gasteiger charge is -2.23. The van der Waals surface area contributed by atoms with Gasteiger partial charge in [0.1, 0.15) is 5.82 Å². The van der Waals surface area contributed by atoms with Crippen LogP contribution in [0.3, 0.4) is 0 Å². The molecule has 1 aliphatic carbocycles. The van der Waals surface area contributed by atoms with Crippen molar-refractivity contribution in [3.8, 4) is 0 Å². The topological polar surface area (TPSA) is 29.3 Å². The summed E-state index contributed by atoms with van der Waals surface area (Å²) in [6.07, 6.45) is -2.71. The Balaban J connectivity index is 2.08. The quantitative estimate of drug-likeness (QED) is 0.667. The average molecular weight is 262 g/mol. The van der Waals surface area contributed by atoms with Crippen LogP contribution in [0.15, 0.2) is 18.2 Å². The van der Waals surface area contributed by atoms with Crippen molar-refractivity contribution in [1.82, 2.24) is 4.90 Å². The lowest BCUT2D eigenvalue weighted by molar-refractivity contribution is -0.148. The lowest BCUT2D eigenvalue weighted by atomic mass is 10.2. The third kappa shape index (κ3) is 3.87. The highest BCUT2D eigenvalue weighted by Crippen LogP contribution is 2.31. The molecule has 0 heterocycles. The minimum absolute atomic E-state index is 0.0453. The molecule has 100 valence electrons. The van der Waals surface area contributed by atoms with Crippen LogP contribution in [0.4, 0.5) is 23.2 Å². The fourth-order valence-electron chi connectivity index (χ4n) is 1.99. The van der Waals surface area contributed by atoms with Crippen molar-refractivity contribution in [3.63, 3.8) is 0 Å². The summed E-state index contributed by atoms with van der Waals surface area (Å²) >= 11 is 0. The first-order valence-electron chi connectivity index (χ1n) is 5.69. The first-order chi connectivity index (χ1) is 8.33. The smallest absolute Gasteiger partial charge is 0.399 e. The molecule has 2 nitrogen and oxygen atoms in total. The average Bonchev–Trinajstić information content (AvgIpc) is 2.94. The fraction of sp³-hybridized carbons (Fsp3) is 0.500. The molecular formula is C12H14F4N2. The number of nitrogens with zero attached hydrogens (tertiary/aromatic N) is 1. The van der Waals surface area contributed by atoms with Crippen LogP contribution < -0.4 is 5.73 Å². The fourth-order valence-corrected chi connectivity index (χ4v) is 1.99. The summed E-state index contributed by atoms with van der Waals surface area (Å²) in [5.74, 6) is -0.521. The highest BCUT2D eigenvalue weighted by Gasteiger charge is 2.37. The van der Waals surface area contributed by atoms with Crippen LogP contribution in [0.1, 0.15) is 18.4 Å². The Hall–Kier alpha value is -1.30. The molecule has 0 spiro atoms. The minimum atomic E-state index is -4.23. The Bertz CT molecular complexity index is 406. The van der Waals surface area contributed by atoms with E-state index in [0.717, 1.165) is 18.9 Å². The maximum atomic E-state index is 13.1. The van der Waals surface area contributed by atoms with Gasteiger partial charge >= 0.3 is 6.18 Å². The van der Waals surface area contributed by atoms with E-state index in [-0.39, 0.29) is 18.3 Å². The first kappa shape index (κ1) is 13.1. The Labute approximate surface area is 102 Å². The molecule has 0 aliphatic heterocycles. The van der Waals surface area contributed by atoms with Crippen LogP contribution in [-0.2, 0) is 6.54 Å². The van der Waals surface area contributed by atoms with E-state index in [2.05, 4.69) is 0 Å². The monoisotopic (exact) mass is 262 g/mol. The summed E-state index contributed by atoms with van der Waals surface area (Å²) in [5, 5.41) is 0. The molecule has 1 aromatic carbocycles. The van der Waals surface area contributed by atoms with Crippen molar-refractivity contribution < 1.29 is 17.6 Å². The van der Waals surface area contributed by atoms with E-state index in [4.69, 9.17) is 5.73 Å². The van der Waals surface area contributed by atoms with Gasteiger partial charge in [0.2, 0.25) is 0 Å². The molecule has 6 heteroatoms. The SMILES string of the molecule is Nc1cc(F)cc(CN(CC(F)(F)F)C2CC2)c1. The van der Waals surface area contributed by atoms with Crippen molar-refractivity contribution in [2.24, 2.45) is 0 Å². The molecule has 1 aromatic rings. The highest BCUT2D eigenvalue weighted by atomic mass is 19.4. The summed E-state index contributed by atoms with van der Waals surface area (Å²) in [6.45, 7) is -0.889. The Morgan fingerprint density at radius 2 is 1.89 bits per heavy atom. The van der Waals surface area contributed by atoms with Crippen molar-refractivity contribution in [3.05, 3.63) is 29.6 Å². The maximum absolute atomic E-state index is 13.1. The first-order valence-corrected chi connectivity index (χ1v) is 5.69. The standard InChI is InChI=1S/C12H14F4N2/c13-9-3-8(4-10(17)5-9)6-18(11-1-2-11)7-12(14,15)16/h3-5,11H,1-2,6-7,17H2. The molecule has 0 aromatic heterocycles. The summed E-state index contributed by atoms with van der Waals surface area (Å²) in [5.41, 5.74) is 6.18. The van der Waals surface area contributed by atoms with Crippen LogP contribution in [0.25, 0.3) is 0 Å². The van der Waals surface area contributed by atoms with E-state index in [1.54, 1.807) is 0 Å². The van der Waals surface area contributed by atoms with Gasteiger partial charge in [0, 0.05) is 18.3 Å². The molecule has 1 fully saturated rings. The molecule has 18 heavy (non-hydrogen) atoms. The summed E-state index contributed by atoms with van der Waals surface area (Å²) < 4.78 is 50.4. The molecule has 0 radical (unpaired) electrons. The van der Waals surface area contributed by atoms with Crippen LogP contribution >= 0.6 is 0 Å². The number of nitrogens with two attached hydrogens (primary N) is 1. The third-order valence-corrected chi connectivity index (χ3v) is 2.81. The lowest BCUT2D eigenvalue weighted by Crippen LogP contribution is -2.35. The van der Waals surface area contributed by atoms with Crippen LogP contribution in [0.5, 0.6) is 0 Å². The number of hydrogen-bond donors (Lipinski definition) is 1. The number of hydrogen-bond acceptors (Lipinski definition) is 2. The molecule has 2 rings (SSSR count). The zero-order valence-corrected chi connectivity index (χ0v) is 9.67. The van der Waals surface area contributed by atoms with E-state index in [1.165, 1.54) is 17.0 Å². The van der Waals surface area contributed by atoms with E-state index >= 15 is 0 Å². The van der Waals surface area contributed by atoms with E-state index < -0.39 is 18.5 Å². The molecule has 0 unspecified atom stereocenters. The highest BCUT2D eigenvalue weighted by molar-refractivity contribution is 5.41. The summed E-state index contributed by atoms with van der Waals surface area (Å²) in [6, 6.07) is 3.84. The Morgan fingerprint density at radius 3 is 2.39 bits per heavy atom. The number of rotatable bonds is 4. The molecule has 2 N–H and O–H groups in total. The van der Waals surface area contributed by atoms with Gasteiger partial charge in [0.25, 0.3) is 0 Å². The number of nitrogen functional groups attached to an aromatic ring is 1. The molecule has 0 saturated heterocycles. The van der Waals surface area contributed by atoms with Crippen molar-refractivity contribution in [1.29, 1.82) is 0 Å². The molecule has 1 aliphatic rings. The second kappa shape index (κ2) is 4.76. The Kier molecular flexibility index (Phi) is 3.47. The van der Waals surface area contributed by atoms with E-state index in [9.17, 15) is 17.6 Å². The Morgan fingerprint density at radius 1 is 1.22 bits per heavy atom. The maximum Gasteiger partial charge on any atom is 0.401 e. The van der Waals surface area contributed by atoms with Gasteiger partial charge in [-0.25, -0.2) is 4.39 Å². The predicted octanol–water partition coefficient (Wildman–Crippen LogP) is 2.93. The molecule has 1 saturated carbocycles. The van der Waals surface area contributed by atoms with Gasteiger partial charge < -0.3 is 5.73 Å². The van der Waals surface area contributed by atoms with Crippen molar-refractivity contribution >= 4 is 5.69 Å². The van der Waals surface area contributed by atoms with Crippen molar-refractivity contribution in [2.75, 3.05) is 12.3 Å². The van der Waals surface area contributed by atoms with E-state index in [0.29, 0.717) is 5.56 Å². The summed E-state index contributed by atoms with van der Waals surface area (Å²) in [7, 11) is 0. The van der Waals surface area contributed by atoms with Gasteiger partial charge in [-0.15, -0.1) is 0 Å². The number of alkyl halides is 3.